The van der Waals surface area contributed by atoms with E-state index >= 15 is 0 Å². The van der Waals surface area contributed by atoms with Crippen molar-refractivity contribution in [3.05, 3.63) is 0 Å². The maximum Gasteiger partial charge on any atom is 0.311 e. The highest BCUT2D eigenvalue weighted by Crippen LogP contribution is 2.25. The molecular weight excluding hydrogens is 238 g/mol. The third-order valence-electron chi connectivity index (χ3n) is 3.27. The fourth-order valence-electron chi connectivity index (χ4n) is 1.63. The van der Waals surface area contributed by atoms with E-state index in [1.54, 1.807) is 11.8 Å². The molecule has 0 aromatic heterocycles. The number of carbonyl (C=O) groups excluding carboxylic acids is 1. The van der Waals surface area contributed by atoms with Crippen LogP contribution in [0.2, 0.25) is 0 Å². The van der Waals surface area contributed by atoms with E-state index in [4.69, 9.17) is 0 Å². The van der Waals surface area contributed by atoms with Gasteiger partial charge in [0.2, 0.25) is 5.91 Å². The predicted molar refractivity (Wildman–Crippen MR) is 71.2 cm³/mol. The highest BCUT2D eigenvalue weighted by atomic mass is 32.2. The molecule has 4 nitrogen and oxygen atoms in total. The molecule has 0 aliphatic rings. The summed E-state index contributed by atoms with van der Waals surface area (Å²) in [6, 6.07) is 0. The molecule has 0 rings (SSSR count). The number of nitrogens with one attached hydrogen (secondary N) is 1. The average Bonchev–Trinajstić information content (AvgIpc) is 2.30. The van der Waals surface area contributed by atoms with Crippen LogP contribution in [0.5, 0.6) is 0 Å². The van der Waals surface area contributed by atoms with Crippen molar-refractivity contribution in [2.24, 2.45) is 11.3 Å². The zero-order chi connectivity index (χ0) is 13.5. The first-order valence-electron chi connectivity index (χ1n) is 5.93. The topological polar surface area (TPSA) is 66.4 Å². The summed E-state index contributed by atoms with van der Waals surface area (Å²) in [5.41, 5.74) is -0.825. The minimum absolute atomic E-state index is 0.0631. The molecule has 0 aliphatic carbocycles. The Balaban J connectivity index is 4.41. The summed E-state index contributed by atoms with van der Waals surface area (Å²) >= 11 is 1.61. The van der Waals surface area contributed by atoms with Gasteiger partial charge in [-0.25, -0.2) is 0 Å². The van der Waals surface area contributed by atoms with Crippen LogP contribution in [0, 0.1) is 11.3 Å². The monoisotopic (exact) mass is 261 g/mol. The lowest BCUT2D eigenvalue weighted by Gasteiger charge is -2.27. The van der Waals surface area contributed by atoms with Gasteiger partial charge >= 0.3 is 5.97 Å². The Labute approximate surface area is 108 Å². The number of carbonyl (C=O) groups is 2. The second-order valence-electron chi connectivity index (χ2n) is 4.37. The zero-order valence-corrected chi connectivity index (χ0v) is 11.9. The van der Waals surface area contributed by atoms with Gasteiger partial charge in [-0.15, -0.1) is 0 Å². The molecule has 1 amide bonds. The summed E-state index contributed by atoms with van der Waals surface area (Å²) in [7, 11) is 0. The van der Waals surface area contributed by atoms with Gasteiger partial charge in [0.15, 0.2) is 0 Å². The van der Waals surface area contributed by atoms with Gasteiger partial charge in [0.25, 0.3) is 0 Å². The first kappa shape index (κ1) is 16.3. The van der Waals surface area contributed by atoms with E-state index in [1.807, 2.05) is 27.0 Å². The third kappa shape index (κ3) is 4.58. The van der Waals surface area contributed by atoms with E-state index in [-0.39, 0.29) is 18.4 Å². The number of amides is 1. The Morgan fingerprint density at radius 3 is 2.24 bits per heavy atom. The van der Waals surface area contributed by atoms with E-state index in [1.165, 1.54) is 0 Å². The quantitative estimate of drug-likeness (QED) is 0.701. The van der Waals surface area contributed by atoms with Gasteiger partial charge in [0, 0.05) is 18.2 Å². The van der Waals surface area contributed by atoms with Gasteiger partial charge in [0.05, 0.1) is 5.41 Å². The van der Waals surface area contributed by atoms with Crippen LogP contribution in [0.25, 0.3) is 0 Å². The molecule has 0 saturated carbocycles. The molecule has 1 atom stereocenters. The number of thioether (sulfide) groups is 1. The van der Waals surface area contributed by atoms with Gasteiger partial charge in [-0.05, 0) is 19.1 Å². The first-order valence-corrected chi connectivity index (χ1v) is 7.33. The summed E-state index contributed by atoms with van der Waals surface area (Å²) < 4.78 is 0. The Hall–Kier alpha value is -0.710. The molecule has 100 valence electrons. The minimum Gasteiger partial charge on any atom is -0.481 e. The van der Waals surface area contributed by atoms with E-state index in [9.17, 15) is 14.7 Å². The predicted octanol–water partition coefficient (Wildman–Crippen LogP) is 1.99. The maximum absolute atomic E-state index is 11.7. The van der Waals surface area contributed by atoms with Crippen molar-refractivity contribution >= 4 is 23.6 Å². The Kier molecular flexibility index (Phi) is 7.27. The van der Waals surface area contributed by atoms with E-state index in [0.29, 0.717) is 12.8 Å². The standard InChI is InChI=1S/C12H23NO3S/c1-5-12(6-2,11(15)16)8-13-10(14)9(3)7-17-4/h9H,5-8H2,1-4H3,(H,13,14)(H,15,16). The largest absolute Gasteiger partial charge is 0.481 e. The molecule has 0 bridgehead atoms. The molecule has 5 heteroatoms. The van der Waals surface area contributed by atoms with Crippen molar-refractivity contribution < 1.29 is 14.7 Å². The van der Waals surface area contributed by atoms with Crippen molar-refractivity contribution in [1.29, 1.82) is 0 Å². The highest BCUT2D eigenvalue weighted by molar-refractivity contribution is 7.98. The lowest BCUT2D eigenvalue weighted by Crippen LogP contribution is -2.44. The van der Waals surface area contributed by atoms with Crippen molar-refractivity contribution in [3.8, 4) is 0 Å². The lowest BCUT2D eigenvalue weighted by atomic mass is 9.82. The molecular formula is C12H23NO3S. The summed E-state index contributed by atoms with van der Waals surface area (Å²) in [6.45, 7) is 5.75. The molecule has 0 aromatic carbocycles. The van der Waals surface area contributed by atoms with Gasteiger partial charge in [0.1, 0.15) is 0 Å². The van der Waals surface area contributed by atoms with Crippen LogP contribution in [0.4, 0.5) is 0 Å². The van der Waals surface area contributed by atoms with E-state index in [0.717, 1.165) is 5.75 Å². The van der Waals surface area contributed by atoms with Crippen LogP contribution < -0.4 is 5.32 Å². The van der Waals surface area contributed by atoms with Crippen LogP contribution in [0.3, 0.4) is 0 Å². The second kappa shape index (κ2) is 7.58. The van der Waals surface area contributed by atoms with Gasteiger partial charge in [-0.1, -0.05) is 20.8 Å². The molecule has 0 aliphatic heterocycles. The summed E-state index contributed by atoms with van der Waals surface area (Å²) in [5, 5.41) is 12.0. The third-order valence-corrected chi connectivity index (χ3v) is 4.11. The molecule has 1 unspecified atom stereocenters. The van der Waals surface area contributed by atoms with Gasteiger partial charge < -0.3 is 10.4 Å². The van der Waals surface area contributed by atoms with E-state index in [2.05, 4.69) is 5.32 Å². The SMILES string of the molecule is CCC(CC)(CNC(=O)C(C)CSC)C(=O)O. The first-order chi connectivity index (χ1) is 7.93. The molecule has 0 radical (unpaired) electrons. The molecule has 0 aromatic rings. The molecule has 0 heterocycles. The van der Waals surface area contributed by atoms with Crippen LogP contribution in [0.1, 0.15) is 33.6 Å². The fraction of sp³-hybridized carbons (Fsp3) is 0.833. The summed E-state index contributed by atoms with van der Waals surface area (Å²) in [5.74, 6) is -0.221. The number of hydrogen-bond donors (Lipinski definition) is 2. The normalized spacial score (nSPS) is 13.2. The van der Waals surface area contributed by atoms with Gasteiger partial charge in [-0.3, -0.25) is 9.59 Å². The summed E-state index contributed by atoms with van der Waals surface area (Å²) in [4.78, 5) is 23.0. The average molecular weight is 261 g/mol. The second-order valence-corrected chi connectivity index (χ2v) is 5.28. The molecule has 2 N–H and O–H groups in total. The Bertz CT molecular complexity index is 264. The number of carboxylic acids is 1. The number of hydrogen-bond acceptors (Lipinski definition) is 3. The van der Waals surface area contributed by atoms with Crippen molar-refractivity contribution in [2.75, 3.05) is 18.6 Å². The van der Waals surface area contributed by atoms with Crippen molar-refractivity contribution in [1.82, 2.24) is 5.32 Å². The zero-order valence-electron chi connectivity index (χ0n) is 11.1. The van der Waals surface area contributed by atoms with Crippen molar-refractivity contribution in [2.45, 2.75) is 33.6 Å². The minimum atomic E-state index is -0.833. The van der Waals surface area contributed by atoms with E-state index < -0.39 is 11.4 Å². The smallest absolute Gasteiger partial charge is 0.311 e. The highest BCUT2D eigenvalue weighted by Gasteiger charge is 2.35. The fourth-order valence-corrected chi connectivity index (χ4v) is 2.29. The van der Waals surface area contributed by atoms with Crippen LogP contribution in [-0.4, -0.2) is 35.5 Å². The molecule has 0 saturated heterocycles. The summed E-state index contributed by atoms with van der Waals surface area (Å²) in [6.07, 6.45) is 3.00. The lowest BCUT2D eigenvalue weighted by molar-refractivity contribution is -0.149. The Morgan fingerprint density at radius 1 is 1.35 bits per heavy atom. The maximum atomic E-state index is 11.7. The molecule has 0 spiro atoms. The Morgan fingerprint density at radius 2 is 1.88 bits per heavy atom. The number of rotatable bonds is 8. The number of aliphatic carboxylic acids is 1. The van der Waals surface area contributed by atoms with Crippen LogP contribution in [-0.2, 0) is 9.59 Å². The molecule has 0 fully saturated rings. The van der Waals surface area contributed by atoms with Crippen LogP contribution >= 0.6 is 11.8 Å². The molecule has 17 heavy (non-hydrogen) atoms. The number of carboxylic acid groups (broad SMARTS) is 1. The van der Waals surface area contributed by atoms with Crippen LogP contribution in [0.15, 0.2) is 0 Å². The van der Waals surface area contributed by atoms with Crippen molar-refractivity contribution in [3.63, 3.8) is 0 Å². The van der Waals surface area contributed by atoms with Gasteiger partial charge in [-0.2, -0.15) is 11.8 Å².